The standard InChI is InChI=1S/C19H15ClN2OS2/c1-11(2)21-17-16(12-7-9-13(20)10-8-12)25-19(24)22(17)15-6-4-3-5-14(15)18(21)23/h3-11H,1-2H3. The molecule has 6 heteroatoms. The molecular weight excluding hydrogens is 372 g/mol. The van der Waals surface area contributed by atoms with Crippen LogP contribution in [-0.2, 0) is 0 Å². The predicted molar refractivity (Wildman–Crippen MR) is 109 cm³/mol. The van der Waals surface area contributed by atoms with Crippen LogP contribution in [0, 0.1) is 3.95 Å². The number of hydrogen-bond donors (Lipinski definition) is 0. The van der Waals surface area contributed by atoms with Gasteiger partial charge in [-0.1, -0.05) is 35.9 Å². The molecule has 2 aromatic carbocycles. The van der Waals surface area contributed by atoms with Gasteiger partial charge in [-0.25, -0.2) is 0 Å². The van der Waals surface area contributed by atoms with E-state index in [1.807, 2.05) is 71.3 Å². The highest BCUT2D eigenvalue weighted by atomic mass is 35.5. The Bertz CT molecular complexity index is 1220. The Morgan fingerprint density at radius 2 is 1.76 bits per heavy atom. The number of nitrogens with zero attached hydrogens (tertiary/aromatic N) is 2. The van der Waals surface area contributed by atoms with E-state index >= 15 is 0 Å². The number of rotatable bonds is 2. The van der Waals surface area contributed by atoms with E-state index in [4.69, 9.17) is 23.8 Å². The van der Waals surface area contributed by atoms with Crippen molar-refractivity contribution in [1.82, 2.24) is 8.97 Å². The minimum absolute atomic E-state index is 0.00798. The third kappa shape index (κ3) is 2.54. The summed E-state index contributed by atoms with van der Waals surface area (Å²) in [6.07, 6.45) is 0. The van der Waals surface area contributed by atoms with Gasteiger partial charge in [-0.15, -0.1) is 11.3 Å². The first kappa shape index (κ1) is 16.5. The molecule has 0 bridgehead atoms. The van der Waals surface area contributed by atoms with Gasteiger partial charge in [-0.2, -0.15) is 0 Å². The number of fused-ring (bicyclic) bond motifs is 3. The van der Waals surface area contributed by atoms with Crippen LogP contribution in [0.1, 0.15) is 19.9 Å². The van der Waals surface area contributed by atoms with Crippen molar-refractivity contribution in [2.24, 2.45) is 0 Å². The molecule has 0 spiro atoms. The van der Waals surface area contributed by atoms with Gasteiger partial charge in [-0.3, -0.25) is 13.8 Å². The molecule has 4 rings (SSSR count). The zero-order valence-electron chi connectivity index (χ0n) is 13.7. The number of para-hydroxylation sites is 1. The summed E-state index contributed by atoms with van der Waals surface area (Å²) in [5, 5.41) is 1.36. The summed E-state index contributed by atoms with van der Waals surface area (Å²) in [6, 6.07) is 15.3. The van der Waals surface area contributed by atoms with Crippen molar-refractivity contribution in [3.63, 3.8) is 0 Å². The molecule has 0 aliphatic rings. The van der Waals surface area contributed by atoms with E-state index in [2.05, 4.69) is 0 Å². The van der Waals surface area contributed by atoms with E-state index in [1.165, 1.54) is 11.3 Å². The lowest BCUT2D eigenvalue weighted by molar-refractivity contribution is 0.595. The largest absolute Gasteiger partial charge is 0.290 e. The van der Waals surface area contributed by atoms with Crippen molar-refractivity contribution in [3.05, 3.63) is 67.9 Å². The van der Waals surface area contributed by atoms with Crippen molar-refractivity contribution >= 4 is 51.7 Å². The second kappa shape index (κ2) is 6.09. The predicted octanol–water partition coefficient (Wildman–Crippen LogP) is 5.95. The Morgan fingerprint density at radius 1 is 1.08 bits per heavy atom. The van der Waals surface area contributed by atoms with Gasteiger partial charge in [0.2, 0.25) is 0 Å². The molecule has 0 fully saturated rings. The van der Waals surface area contributed by atoms with E-state index < -0.39 is 0 Å². The van der Waals surface area contributed by atoms with E-state index in [0.29, 0.717) is 10.4 Å². The van der Waals surface area contributed by atoms with Gasteiger partial charge < -0.3 is 0 Å². The Hall–Kier alpha value is -1.95. The second-order valence-electron chi connectivity index (χ2n) is 6.15. The van der Waals surface area contributed by atoms with Crippen LogP contribution in [0.5, 0.6) is 0 Å². The number of benzene rings is 2. The summed E-state index contributed by atoms with van der Waals surface area (Å²) in [7, 11) is 0. The summed E-state index contributed by atoms with van der Waals surface area (Å²) >= 11 is 13.2. The third-order valence-corrected chi connectivity index (χ3v) is 5.90. The zero-order chi connectivity index (χ0) is 17.7. The molecule has 126 valence electrons. The maximum absolute atomic E-state index is 13.1. The smallest absolute Gasteiger partial charge is 0.261 e. The van der Waals surface area contributed by atoms with Gasteiger partial charge in [0.15, 0.2) is 3.95 Å². The fraction of sp³-hybridized carbons (Fsp3) is 0.158. The molecule has 25 heavy (non-hydrogen) atoms. The molecule has 0 saturated heterocycles. The summed E-state index contributed by atoms with van der Waals surface area (Å²) in [4.78, 5) is 14.1. The minimum atomic E-state index is 0.00798. The maximum Gasteiger partial charge on any atom is 0.261 e. The first-order valence-corrected chi connectivity index (χ1v) is 9.54. The van der Waals surface area contributed by atoms with Gasteiger partial charge in [0.05, 0.1) is 15.8 Å². The van der Waals surface area contributed by atoms with Crippen LogP contribution >= 0.6 is 35.2 Å². The molecule has 2 heterocycles. The van der Waals surface area contributed by atoms with Gasteiger partial charge in [-0.05, 0) is 55.9 Å². The molecule has 0 atom stereocenters. The molecule has 0 unspecified atom stereocenters. The Morgan fingerprint density at radius 3 is 2.44 bits per heavy atom. The van der Waals surface area contributed by atoms with Crippen LogP contribution in [0.15, 0.2) is 53.3 Å². The molecular formula is C19H15ClN2OS2. The summed E-state index contributed by atoms with van der Waals surface area (Å²) in [5.41, 5.74) is 2.71. The van der Waals surface area contributed by atoms with Gasteiger partial charge in [0.25, 0.3) is 5.56 Å². The van der Waals surface area contributed by atoms with Crippen LogP contribution in [0.4, 0.5) is 0 Å². The SMILES string of the molecule is CC(C)n1c(=O)c2ccccc2n2c(=S)sc(-c3ccc(Cl)cc3)c12. The summed E-state index contributed by atoms with van der Waals surface area (Å²) in [6.45, 7) is 4.03. The van der Waals surface area contributed by atoms with E-state index in [0.717, 1.165) is 25.6 Å². The summed E-state index contributed by atoms with van der Waals surface area (Å²) < 4.78 is 4.57. The molecule has 0 amide bonds. The van der Waals surface area contributed by atoms with Crippen LogP contribution in [0.2, 0.25) is 5.02 Å². The lowest BCUT2D eigenvalue weighted by Gasteiger charge is -2.16. The minimum Gasteiger partial charge on any atom is -0.290 e. The van der Waals surface area contributed by atoms with Gasteiger partial charge in [0, 0.05) is 11.1 Å². The lowest BCUT2D eigenvalue weighted by atomic mass is 10.1. The second-order valence-corrected chi connectivity index (χ2v) is 8.23. The molecule has 0 aliphatic carbocycles. The molecule has 0 radical (unpaired) electrons. The van der Waals surface area contributed by atoms with Crippen molar-refractivity contribution in [2.45, 2.75) is 19.9 Å². The highest BCUT2D eigenvalue weighted by molar-refractivity contribution is 7.73. The first-order chi connectivity index (χ1) is 12.0. The maximum atomic E-state index is 13.1. The summed E-state index contributed by atoms with van der Waals surface area (Å²) in [5.74, 6) is 0. The van der Waals surface area contributed by atoms with Gasteiger partial charge in [0.1, 0.15) is 5.65 Å². The molecule has 0 aliphatic heterocycles. The van der Waals surface area contributed by atoms with Crippen LogP contribution in [-0.4, -0.2) is 8.97 Å². The highest BCUT2D eigenvalue weighted by Gasteiger charge is 2.19. The molecule has 0 saturated carbocycles. The van der Waals surface area contributed by atoms with E-state index in [-0.39, 0.29) is 11.6 Å². The fourth-order valence-electron chi connectivity index (χ4n) is 3.14. The monoisotopic (exact) mass is 386 g/mol. The quantitative estimate of drug-likeness (QED) is 0.398. The van der Waals surface area contributed by atoms with Crippen LogP contribution in [0.25, 0.3) is 27.0 Å². The average molecular weight is 387 g/mol. The number of hydrogen-bond acceptors (Lipinski definition) is 3. The normalized spacial score (nSPS) is 11.7. The van der Waals surface area contributed by atoms with E-state index in [1.54, 1.807) is 0 Å². The zero-order valence-corrected chi connectivity index (χ0v) is 16.1. The van der Waals surface area contributed by atoms with Crippen LogP contribution in [0.3, 0.4) is 0 Å². The Balaban J connectivity index is 2.26. The number of thiazole rings is 1. The van der Waals surface area contributed by atoms with Crippen molar-refractivity contribution in [2.75, 3.05) is 0 Å². The fourth-order valence-corrected chi connectivity index (χ4v) is 4.69. The molecule has 0 N–H and O–H groups in total. The lowest BCUT2D eigenvalue weighted by Crippen LogP contribution is -2.24. The van der Waals surface area contributed by atoms with Crippen molar-refractivity contribution in [3.8, 4) is 10.4 Å². The Kier molecular flexibility index (Phi) is 4.02. The Labute approximate surface area is 158 Å². The third-order valence-electron chi connectivity index (χ3n) is 4.23. The van der Waals surface area contributed by atoms with Gasteiger partial charge >= 0.3 is 0 Å². The molecule has 2 aromatic heterocycles. The van der Waals surface area contributed by atoms with E-state index in [9.17, 15) is 4.79 Å². The average Bonchev–Trinajstić information content (AvgIpc) is 2.93. The number of halogens is 1. The molecule has 3 nitrogen and oxygen atoms in total. The number of aromatic nitrogens is 2. The first-order valence-electron chi connectivity index (χ1n) is 7.94. The van der Waals surface area contributed by atoms with Crippen molar-refractivity contribution < 1.29 is 0 Å². The topological polar surface area (TPSA) is 26.4 Å². The molecule has 4 aromatic rings. The van der Waals surface area contributed by atoms with Crippen LogP contribution < -0.4 is 5.56 Å². The van der Waals surface area contributed by atoms with Crippen molar-refractivity contribution in [1.29, 1.82) is 0 Å². The highest BCUT2D eigenvalue weighted by Crippen LogP contribution is 2.34.